The number of hydrogen-bond acceptors (Lipinski definition) is 5. The van der Waals surface area contributed by atoms with Gasteiger partial charge in [0.05, 0.1) is 34.1 Å². The van der Waals surface area contributed by atoms with Crippen LogP contribution in [0.4, 0.5) is 4.39 Å². The molecule has 4 rings (SSSR count). The van der Waals surface area contributed by atoms with Crippen molar-refractivity contribution in [3.63, 3.8) is 0 Å². The molecule has 1 saturated heterocycles. The van der Waals surface area contributed by atoms with Crippen molar-refractivity contribution < 1.29 is 22.3 Å². The van der Waals surface area contributed by atoms with Gasteiger partial charge in [-0.2, -0.15) is 0 Å². The summed E-state index contributed by atoms with van der Waals surface area (Å²) >= 11 is 0. The van der Waals surface area contributed by atoms with Gasteiger partial charge in [-0.3, -0.25) is 9.78 Å². The maximum absolute atomic E-state index is 14.0. The van der Waals surface area contributed by atoms with E-state index in [1.54, 1.807) is 18.2 Å². The van der Waals surface area contributed by atoms with E-state index in [-0.39, 0.29) is 20.7 Å². The third-order valence-electron chi connectivity index (χ3n) is 4.63. The smallest absolute Gasteiger partial charge is 0.256 e. The normalized spacial score (nSPS) is 15.0. The molecule has 3 aromatic rings. The second-order valence-electron chi connectivity index (χ2n) is 6.38. The molecule has 0 bridgehead atoms. The van der Waals surface area contributed by atoms with Crippen molar-refractivity contribution in [2.75, 3.05) is 26.3 Å². The Hall–Kier alpha value is -2.84. The van der Waals surface area contributed by atoms with E-state index in [9.17, 15) is 17.6 Å². The number of fused-ring (bicyclic) bond motifs is 1. The zero-order chi connectivity index (χ0) is 19.7. The number of nitrogens with zero attached hydrogens (tertiary/aromatic N) is 2. The monoisotopic (exact) mass is 400 g/mol. The highest BCUT2D eigenvalue weighted by Gasteiger charge is 2.30. The van der Waals surface area contributed by atoms with Crippen LogP contribution < -0.4 is 0 Å². The summed E-state index contributed by atoms with van der Waals surface area (Å²) in [7, 11) is -4.08. The molecule has 0 saturated carbocycles. The molecule has 8 heteroatoms. The number of halogens is 1. The zero-order valence-corrected chi connectivity index (χ0v) is 15.7. The molecule has 0 unspecified atom stereocenters. The molecule has 2 heterocycles. The standard InChI is InChI=1S/C20H17FN2O4S/c21-14-6-7-18-16(12-14)19(28(25,26)15-4-2-1-3-5-15)17(13-22-18)20(24)23-8-10-27-11-9-23/h1-7,12-13H,8-11H2. The van der Waals surface area contributed by atoms with E-state index in [1.165, 1.54) is 35.4 Å². The first-order valence-electron chi connectivity index (χ1n) is 8.74. The molecular weight excluding hydrogens is 383 g/mol. The molecule has 2 aromatic carbocycles. The highest BCUT2D eigenvalue weighted by atomic mass is 32.2. The van der Waals surface area contributed by atoms with Crippen LogP contribution in [0, 0.1) is 5.82 Å². The fourth-order valence-electron chi connectivity index (χ4n) is 3.24. The van der Waals surface area contributed by atoms with Crippen molar-refractivity contribution in [3.8, 4) is 0 Å². The van der Waals surface area contributed by atoms with Gasteiger partial charge in [0.2, 0.25) is 9.84 Å². The SMILES string of the molecule is O=C(c1cnc2ccc(F)cc2c1S(=O)(=O)c1ccccc1)N1CCOCC1. The summed E-state index contributed by atoms with van der Waals surface area (Å²) in [5.41, 5.74) is 0.235. The van der Waals surface area contributed by atoms with Crippen molar-refractivity contribution in [3.05, 3.63) is 66.1 Å². The van der Waals surface area contributed by atoms with E-state index >= 15 is 0 Å². The Labute approximate surface area is 161 Å². The number of carbonyl (C=O) groups excluding carboxylic acids is 1. The number of carbonyl (C=O) groups is 1. The molecule has 0 aliphatic carbocycles. The molecule has 1 aromatic heterocycles. The predicted octanol–water partition coefficient (Wildman–Crippen LogP) is 2.68. The van der Waals surface area contributed by atoms with Crippen molar-refractivity contribution >= 4 is 26.6 Å². The summed E-state index contributed by atoms with van der Waals surface area (Å²) in [4.78, 5) is 18.6. The largest absolute Gasteiger partial charge is 0.378 e. The fraction of sp³-hybridized carbons (Fsp3) is 0.200. The van der Waals surface area contributed by atoms with Gasteiger partial charge in [-0.25, -0.2) is 12.8 Å². The fourth-order valence-corrected chi connectivity index (χ4v) is 4.87. The van der Waals surface area contributed by atoms with Gasteiger partial charge in [0, 0.05) is 24.7 Å². The number of pyridine rings is 1. The van der Waals surface area contributed by atoms with Crippen LogP contribution in [0.25, 0.3) is 10.9 Å². The van der Waals surface area contributed by atoms with E-state index in [0.29, 0.717) is 31.8 Å². The Balaban J connectivity index is 1.98. The second kappa shape index (κ2) is 7.29. The van der Waals surface area contributed by atoms with Gasteiger partial charge in [-0.15, -0.1) is 0 Å². The van der Waals surface area contributed by atoms with Crippen LogP contribution >= 0.6 is 0 Å². The molecule has 0 spiro atoms. The van der Waals surface area contributed by atoms with E-state index in [0.717, 1.165) is 6.07 Å². The predicted molar refractivity (Wildman–Crippen MR) is 100 cm³/mol. The first kappa shape index (κ1) is 18.5. The van der Waals surface area contributed by atoms with E-state index < -0.39 is 21.6 Å². The zero-order valence-electron chi connectivity index (χ0n) is 14.8. The number of aromatic nitrogens is 1. The van der Waals surface area contributed by atoms with Crippen LogP contribution in [0.1, 0.15) is 10.4 Å². The number of amides is 1. The number of hydrogen-bond donors (Lipinski definition) is 0. The minimum Gasteiger partial charge on any atom is -0.378 e. The number of morpholine rings is 1. The summed E-state index contributed by atoms with van der Waals surface area (Å²) in [6.45, 7) is 1.46. The first-order chi connectivity index (χ1) is 13.5. The molecule has 0 radical (unpaired) electrons. The van der Waals surface area contributed by atoms with Gasteiger partial charge < -0.3 is 9.64 Å². The Morgan fingerprint density at radius 1 is 1.07 bits per heavy atom. The molecule has 1 fully saturated rings. The molecule has 1 amide bonds. The molecule has 6 nitrogen and oxygen atoms in total. The quantitative estimate of drug-likeness (QED) is 0.676. The van der Waals surface area contributed by atoms with Crippen LogP contribution in [0.5, 0.6) is 0 Å². The minimum atomic E-state index is -4.08. The van der Waals surface area contributed by atoms with Crippen molar-refractivity contribution in [1.29, 1.82) is 0 Å². The molecule has 0 atom stereocenters. The Morgan fingerprint density at radius 3 is 2.50 bits per heavy atom. The topological polar surface area (TPSA) is 76.6 Å². The van der Waals surface area contributed by atoms with Crippen LogP contribution in [0.15, 0.2) is 64.5 Å². The highest BCUT2D eigenvalue weighted by Crippen LogP contribution is 2.32. The van der Waals surface area contributed by atoms with Gasteiger partial charge in [-0.1, -0.05) is 18.2 Å². The lowest BCUT2D eigenvalue weighted by atomic mass is 10.1. The second-order valence-corrected chi connectivity index (χ2v) is 8.27. The van der Waals surface area contributed by atoms with Crippen molar-refractivity contribution in [2.45, 2.75) is 9.79 Å². The van der Waals surface area contributed by atoms with Gasteiger partial charge >= 0.3 is 0 Å². The van der Waals surface area contributed by atoms with Crippen molar-refractivity contribution in [1.82, 2.24) is 9.88 Å². The summed E-state index contributed by atoms with van der Waals surface area (Å²) in [6.07, 6.45) is 1.26. The Morgan fingerprint density at radius 2 is 1.79 bits per heavy atom. The molecule has 1 aliphatic rings. The summed E-state index contributed by atoms with van der Waals surface area (Å²) in [5.74, 6) is -1.06. The highest BCUT2D eigenvalue weighted by molar-refractivity contribution is 7.91. The molecule has 144 valence electrons. The number of rotatable bonds is 3. The number of ether oxygens (including phenoxy) is 1. The summed E-state index contributed by atoms with van der Waals surface area (Å²) in [6, 6.07) is 11.5. The van der Waals surface area contributed by atoms with Crippen LogP contribution in [0.2, 0.25) is 0 Å². The number of benzene rings is 2. The van der Waals surface area contributed by atoms with Gasteiger partial charge in [0.1, 0.15) is 5.82 Å². The van der Waals surface area contributed by atoms with Crippen LogP contribution in [-0.4, -0.2) is 50.5 Å². The third kappa shape index (κ3) is 3.25. The first-order valence-corrected chi connectivity index (χ1v) is 10.2. The van der Waals surface area contributed by atoms with Gasteiger partial charge in [0.15, 0.2) is 0 Å². The van der Waals surface area contributed by atoms with E-state index in [1.807, 2.05) is 0 Å². The molecule has 0 N–H and O–H groups in total. The van der Waals surface area contributed by atoms with Crippen LogP contribution in [0.3, 0.4) is 0 Å². The lowest BCUT2D eigenvalue weighted by molar-refractivity contribution is 0.0300. The van der Waals surface area contributed by atoms with Gasteiger partial charge in [-0.05, 0) is 30.3 Å². The molecular formula is C20H17FN2O4S. The maximum atomic E-state index is 14.0. The average Bonchev–Trinajstić information content (AvgIpc) is 2.73. The Kier molecular flexibility index (Phi) is 4.82. The maximum Gasteiger partial charge on any atom is 0.256 e. The third-order valence-corrected chi connectivity index (χ3v) is 6.50. The summed E-state index contributed by atoms with van der Waals surface area (Å²) < 4.78 is 46.1. The lowest BCUT2D eigenvalue weighted by Gasteiger charge is -2.27. The minimum absolute atomic E-state index is 0.0304. The summed E-state index contributed by atoms with van der Waals surface area (Å²) in [5, 5.41) is 0.0861. The van der Waals surface area contributed by atoms with Crippen molar-refractivity contribution in [2.24, 2.45) is 0 Å². The molecule has 28 heavy (non-hydrogen) atoms. The lowest BCUT2D eigenvalue weighted by Crippen LogP contribution is -2.41. The van der Waals surface area contributed by atoms with E-state index in [4.69, 9.17) is 4.74 Å². The Bertz CT molecular complexity index is 1140. The average molecular weight is 400 g/mol. The van der Waals surface area contributed by atoms with Gasteiger partial charge in [0.25, 0.3) is 5.91 Å². The van der Waals surface area contributed by atoms with E-state index in [2.05, 4.69) is 4.98 Å². The molecule has 1 aliphatic heterocycles. The number of sulfone groups is 1. The van der Waals surface area contributed by atoms with Crippen LogP contribution in [-0.2, 0) is 14.6 Å².